The quantitative estimate of drug-likeness (QED) is 0.657. The highest BCUT2D eigenvalue weighted by atomic mass is 19.2. The normalized spacial score (nSPS) is 10.2. The molecule has 0 aliphatic rings. The van der Waals surface area contributed by atoms with Gasteiger partial charge in [-0.2, -0.15) is 0 Å². The van der Waals surface area contributed by atoms with Gasteiger partial charge in [-0.3, -0.25) is 10.1 Å². The van der Waals surface area contributed by atoms with Gasteiger partial charge in [0.2, 0.25) is 0 Å². The first-order chi connectivity index (χ1) is 8.95. The van der Waals surface area contributed by atoms with Gasteiger partial charge in [0.15, 0.2) is 11.6 Å². The average Bonchev–Trinajstić information content (AvgIpc) is 2.33. The van der Waals surface area contributed by atoms with Gasteiger partial charge in [0, 0.05) is 11.8 Å². The Bertz CT molecular complexity index is 649. The minimum absolute atomic E-state index is 0.0562. The molecule has 1 aromatic carbocycles. The first-order valence-electron chi connectivity index (χ1n) is 5.10. The van der Waals surface area contributed by atoms with Gasteiger partial charge in [0.25, 0.3) is 5.69 Å². The molecule has 1 aromatic heterocycles. The summed E-state index contributed by atoms with van der Waals surface area (Å²) in [6.07, 6.45) is 0. The number of nitrogen functional groups attached to an aromatic ring is 1. The number of nitrogens with two attached hydrogens (primary N) is 1. The third-order valence-electron chi connectivity index (χ3n) is 2.23. The van der Waals surface area contributed by atoms with E-state index in [0.29, 0.717) is 0 Å². The van der Waals surface area contributed by atoms with Crippen molar-refractivity contribution in [1.82, 2.24) is 4.98 Å². The summed E-state index contributed by atoms with van der Waals surface area (Å²) >= 11 is 0. The Morgan fingerprint density at radius 2 is 1.95 bits per heavy atom. The number of halogens is 2. The molecule has 98 valence electrons. The zero-order chi connectivity index (χ0) is 14.0. The summed E-state index contributed by atoms with van der Waals surface area (Å²) < 4.78 is 25.7. The predicted octanol–water partition coefficient (Wildman–Crippen LogP) is 2.59. The molecule has 0 aliphatic heterocycles. The van der Waals surface area contributed by atoms with Crippen molar-refractivity contribution in [3.05, 3.63) is 52.1 Å². The third-order valence-corrected chi connectivity index (χ3v) is 2.23. The van der Waals surface area contributed by atoms with Gasteiger partial charge < -0.3 is 11.1 Å². The molecule has 2 rings (SSSR count). The number of hydrogen-bond acceptors (Lipinski definition) is 5. The lowest BCUT2D eigenvalue weighted by molar-refractivity contribution is -0.384. The molecule has 0 spiro atoms. The van der Waals surface area contributed by atoms with Crippen molar-refractivity contribution in [3.63, 3.8) is 0 Å². The highest BCUT2D eigenvalue weighted by Crippen LogP contribution is 2.22. The Kier molecular flexibility index (Phi) is 3.23. The molecule has 1 heterocycles. The van der Waals surface area contributed by atoms with Crippen LogP contribution < -0.4 is 11.1 Å². The van der Waals surface area contributed by atoms with Gasteiger partial charge in [-0.15, -0.1) is 0 Å². The minimum Gasteiger partial charge on any atom is -0.383 e. The molecule has 2 aromatic rings. The fourth-order valence-electron chi connectivity index (χ4n) is 1.43. The third kappa shape index (κ3) is 2.92. The lowest BCUT2D eigenvalue weighted by Gasteiger charge is -2.06. The smallest absolute Gasteiger partial charge is 0.276 e. The number of rotatable bonds is 3. The largest absolute Gasteiger partial charge is 0.383 e. The van der Waals surface area contributed by atoms with E-state index in [0.717, 1.165) is 24.3 Å². The summed E-state index contributed by atoms with van der Waals surface area (Å²) in [5, 5.41) is 13.2. The monoisotopic (exact) mass is 266 g/mol. The second-order valence-corrected chi connectivity index (χ2v) is 3.65. The van der Waals surface area contributed by atoms with Gasteiger partial charge in [0.1, 0.15) is 11.6 Å². The predicted molar refractivity (Wildman–Crippen MR) is 64.9 cm³/mol. The van der Waals surface area contributed by atoms with Crippen LogP contribution in [0.3, 0.4) is 0 Å². The van der Waals surface area contributed by atoms with Crippen molar-refractivity contribution in [1.29, 1.82) is 0 Å². The fourth-order valence-corrected chi connectivity index (χ4v) is 1.43. The van der Waals surface area contributed by atoms with Crippen LogP contribution in [0.1, 0.15) is 0 Å². The van der Waals surface area contributed by atoms with Crippen LogP contribution in [0.15, 0.2) is 30.3 Å². The van der Waals surface area contributed by atoms with Crippen molar-refractivity contribution in [3.8, 4) is 0 Å². The zero-order valence-corrected chi connectivity index (χ0v) is 9.43. The summed E-state index contributed by atoms with van der Waals surface area (Å²) in [6.45, 7) is 0. The lowest BCUT2D eigenvalue weighted by atomic mass is 10.3. The maximum atomic E-state index is 13.0. The van der Waals surface area contributed by atoms with Crippen LogP contribution in [0.2, 0.25) is 0 Å². The molecular weight excluding hydrogens is 258 g/mol. The first kappa shape index (κ1) is 12.7. The Morgan fingerprint density at radius 3 is 2.58 bits per heavy atom. The van der Waals surface area contributed by atoms with E-state index >= 15 is 0 Å². The number of nitrogens with zero attached hydrogens (tertiary/aromatic N) is 2. The number of aromatic nitrogens is 1. The Morgan fingerprint density at radius 1 is 1.21 bits per heavy atom. The Hall–Kier alpha value is -2.77. The van der Waals surface area contributed by atoms with Crippen molar-refractivity contribution in [2.24, 2.45) is 0 Å². The van der Waals surface area contributed by atoms with Crippen LogP contribution in [0.4, 0.5) is 31.8 Å². The number of nitro groups is 1. The van der Waals surface area contributed by atoms with Crippen LogP contribution in [0.25, 0.3) is 0 Å². The van der Waals surface area contributed by atoms with E-state index in [1.54, 1.807) is 0 Å². The van der Waals surface area contributed by atoms with Crippen molar-refractivity contribution >= 4 is 23.0 Å². The number of anilines is 3. The topological polar surface area (TPSA) is 94.1 Å². The summed E-state index contributed by atoms with van der Waals surface area (Å²) in [5.41, 5.74) is 5.36. The SMILES string of the molecule is Nc1cc([N+](=O)[O-])cc(Nc2ccc(F)c(F)c2)n1. The molecule has 0 amide bonds. The van der Waals surface area contributed by atoms with E-state index in [1.807, 2.05) is 0 Å². The minimum atomic E-state index is -1.04. The highest BCUT2D eigenvalue weighted by Gasteiger charge is 2.10. The molecule has 0 bridgehead atoms. The van der Waals surface area contributed by atoms with E-state index in [4.69, 9.17) is 5.73 Å². The molecule has 19 heavy (non-hydrogen) atoms. The number of benzene rings is 1. The molecule has 0 unspecified atom stereocenters. The number of pyridine rings is 1. The Balaban J connectivity index is 2.32. The second-order valence-electron chi connectivity index (χ2n) is 3.65. The fraction of sp³-hybridized carbons (Fsp3) is 0. The average molecular weight is 266 g/mol. The van der Waals surface area contributed by atoms with E-state index in [1.165, 1.54) is 6.07 Å². The maximum absolute atomic E-state index is 13.0. The van der Waals surface area contributed by atoms with Crippen molar-refractivity contribution in [2.75, 3.05) is 11.1 Å². The maximum Gasteiger partial charge on any atom is 0.276 e. The lowest BCUT2D eigenvalue weighted by Crippen LogP contribution is -2.00. The highest BCUT2D eigenvalue weighted by molar-refractivity contribution is 5.61. The Labute approximate surface area is 106 Å². The van der Waals surface area contributed by atoms with Crippen LogP contribution >= 0.6 is 0 Å². The zero-order valence-electron chi connectivity index (χ0n) is 9.43. The van der Waals surface area contributed by atoms with Gasteiger partial charge in [-0.1, -0.05) is 0 Å². The van der Waals surface area contributed by atoms with Crippen LogP contribution in [0, 0.1) is 21.7 Å². The van der Waals surface area contributed by atoms with Gasteiger partial charge in [0.05, 0.1) is 17.1 Å². The molecular formula is C11H8F2N4O2. The van der Waals surface area contributed by atoms with Crippen LogP contribution in [-0.4, -0.2) is 9.91 Å². The first-order valence-corrected chi connectivity index (χ1v) is 5.10. The molecule has 0 saturated heterocycles. The van der Waals surface area contributed by atoms with Gasteiger partial charge >= 0.3 is 0 Å². The van der Waals surface area contributed by atoms with E-state index < -0.39 is 16.6 Å². The summed E-state index contributed by atoms with van der Waals surface area (Å²) in [7, 11) is 0. The van der Waals surface area contributed by atoms with Crippen LogP contribution in [-0.2, 0) is 0 Å². The molecule has 6 nitrogen and oxygen atoms in total. The van der Waals surface area contributed by atoms with Crippen molar-refractivity contribution < 1.29 is 13.7 Å². The van der Waals surface area contributed by atoms with Crippen molar-refractivity contribution in [2.45, 2.75) is 0 Å². The number of hydrogen-bond donors (Lipinski definition) is 2. The molecule has 0 aliphatic carbocycles. The van der Waals surface area contributed by atoms with E-state index in [-0.39, 0.29) is 23.0 Å². The summed E-state index contributed by atoms with van der Waals surface area (Å²) in [4.78, 5) is 13.8. The second kappa shape index (κ2) is 4.84. The van der Waals surface area contributed by atoms with Gasteiger partial charge in [-0.25, -0.2) is 13.8 Å². The molecule has 3 N–H and O–H groups in total. The van der Waals surface area contributed by atoms with Gasteiger partial charge in [-0.05, 0) is 12.1 Å². The molecule has 8 heteroatoms. The number of nitrogens with one attached hydrogen (secondary N) is 1. The summed E-state index contributed by atoms with van der Waals surface area (Å²) in [5.74, 6) is -2.02. The van der Waals surface area contributed by atoms with Crippen LogP contribution in [0.5, 0.6) is 0 Å². The molecule has 0 atom stereocenters. The van der Waals surface area contributed by atoms with E-state index in [2.05, 4.69) is 10.3 Å². The van der Waals surface area contributed by atoms with E-state index in [9.17, 15) is 18.9 Å². The molecule has 0 saturated carbocycles. The molecule has 0 radical (unpaired) electrons. The molecule has 0 fully saturated rings. The summed E-state index contributed by atoms with van der Waals surface area (Å²) in [6, 6.07) is 5.34. The standard InChI is InChI=1S/C11H8F2N4O2/c12-8-2-1-6(3-9(8)13)15-11-5-7(17(18)19)4-10(14)16-11/h1-5H,(H3,14,15,16).